The van der Waals surface area contributed by atoms with Gasteiger partial charge in [0.1, 0.15) is 0 Å². The Morgan fingerprint density at radius 3 is 1.33 bits per heavy atom. The van der Waals surface area contributed by atoms with Crippen molar-refractivity contribution in [3.05, 3.63) is 0 Å². The quantitative estimate of drug-likeness (QED) is 0.606. The minimum absolute atomic E-state index is 0.651. The maximum absolute atomic E-state index is 4.31. The van der Waals surface area contributed by atoms with Crippen LogP contribution in [0.1, 0.15) is 0 Å². The highest BCUT2D eigenvalue weighted by Gasteiger charge is 2.10. The Hall–Kier alpha value is -0.860. The summed E-state index contributed by atoms with van der Waals surface area (Å²) < 4.78 is 1.83. The molecule has 1 heterocycles. The Morgan fingerprint density at radius 2 is 1.07 bits per heavy atom. The van der Waals surface area contributed by atoms with E-state index in [2.05, 4.69) is 37.8 Å². The van der Waals surface area contributed by atoms with E-state index in [0.29, 0.717) is 17.8 Å². The fourth-order valence-electron chi connectivity index (χ4n) is 0.881. The predicted molar refractivity (Wildman–Crippen MR) is 70.9 cm³/mol. The molecule has 0 saturated carbocycles. The lowest BCUT2D eigenvalue weighted by Crippen LogP contribution is -2.20. The molecular formula is C8H15IN6. The van der Waals surface area contributed by atoms with E-state index in [1.165, 1.54) is 0 Å². The zero-order chi connectivity index (χ0) is 11.6. The number of hydrogen-bond donors (Lipinski definition) is 0. The van der Waals surface area contributed by atoms with Crippen molar-refractivity contribution < 1.29 is 0 Å². The molecule has 1 rings (SSSR count). The van der Waals surface area contributed by atoms with E-state index in [1.54, 1.807) is 0 Å². The highest BCUT2D eigenvalue weighted by Crippen LogP contribution is 2.17. The molecule has 0 aliphatic heterocycles. The number of rotatable bonds is 3. The minimum atomic E-state index is 0.651. The van der Waals surface area contributed by atoms with Crippen molar-refractivity contribution >= 4 is 40.7 Å². The van der Waals surface area contributed by atoms with Crippen molar-refractivity contribution in [1.29, 1.82) is 0 Å². The van der Waals surface area contributed by atoms with Crippen LogP contribution in [0.2, 0.25) is 0 Å². The van der Waals surface area contributed by atoms with Gasteiger partial charge in [0.15, 0.2) is 0 Å². The Morgan fingerprint density at radius 1 is 0.733 bits per heavy atom. The Kier molecular flexibility index (Phi) is 3.89. The maximum atomic E-state index is 4.31. The Labute approximate surface area is 104 Å². The zero-order valence-electron chi connectivity index (χ0n) is 9.56. The molecule has 0 fully saturated rings. The molecule has 0 spiro atoms. The second-order valence-electron chi connectivity index (χ2n) is 3.50. The summed E-state index contributed by atoms with van der Waals surface area (Å²) in [5.41, 5.74) is 0. The third-order valence-electron chi connectivity index (χ3n) is 1.68. The van der Waals surface area contributed by atoms with Crippen LogP contribution in [-0.2, 0) is 0 Å². The SMILES string of the molecule is CN(C)c1nc(N(C)C)nc(N(C)I)n1. The number of halogens is 1. The van der Waals surface area contributed by atoms with Gasteiger partial charge in [-0.05, 0) is 0 Å². The lowest BCUT2D eigenvalue weighted by Gasteiger charge is -2.17. The van der Waals surface area contributed by atoms with Crippen LogP contribution in [0, 0.1) is 0 Å². The Bertz CT molecular complexity index is 273. The molecule has 0 radical (unpaired) electrons. The predicted octanol–water partition coefficient (Wildman–Crippen LogP) is 0.790. The molecule has 0 amide bonds. The van der Waals surface area contributed by atoms with Gasteiger partial charge in [0.25, 0.3) is 0 Å². The lowest BCUT2D eigenvalue weighted by atomic mass is 10.7. The molecule has 1 aromatic rings. The monoisotopic (exact) mass is 322 g/mol. The third kappa shape index (κ3) is 3.05. The average molecular weight is 322 g/mol. The molecule has 0 aliphatic carbocycles. The summed E-state index contributed by atoms with van der Waals surface area (Å²) in [5, 5.41) is 0. The van der Waals surface area contributed by atoms with Crippen LogP contribution in [-0.4, -0.2) is 50.2 Å². The van der Waals surface area contributed by atoms with Gasteiger partial charge in [0, 0.05) is 35.2 Å². The van der Waals surface area contributed by atoms with Crippen LogP contribution in [0.3, 0.4) is 0 Å². The number of aromatic nitrogens is 3. The van der Waals surface area contributed by atoms with Gasteiger partial charge in [-0.15, -0.1) is 0 Å². The van der Waals surface area contributed by atoms with Gasteiger partial charge in [0.2, 0.25) is 17.8 Å². The van der Waals surface area contributed by atoms with Crippen LogP contribution < -0.4 is 12.9 Å². The van der Waals surface area contributed by atoms with E-state index in [0.717, 1.165) is 0 Å². The van der Waals surface area contributed by atoms with Crippen molar-refractivity contribution in [2.24, 2.45) is 0 Å². The highest BCUT2D eigenvalue weighted by molar-refractivity contribution is 14.1. The molecule has 7 heteroatoms. The standard InChI is InChI=1S/C8H15IN6/c1-13(2)6-10-7(14(3)4)12-8(11-6)15(5)9/h1-5H3. The summed E-state index contributed by atoms with van der Waals surface area (Å²) in [6.07, 6.45) is 0. The summed E-state index contributed by atoms with van der Waals surface area (Å²) in [6.45, 7) is 0. The molecule has 0 saturated heterocycles. The van der Waals surface area contributed by atoms with Crippen molar-refractivity contribution in [2.75, 3.05) is 48.2 Å². The maximum Gasteiger partial charge on any atom is 0.240 e. The first-order chi connectivity index (χ1) is 6.91. The van der Waals surface area contributed by atoms with E-state index in [9.17, 15) is 0 Å². The number of anilines is 3. The fraction of sp³-hybridized carbons (Fsp3) is 0.625. The van der Waals surface area contributed by atoms with Crippen LogP contribution in [0.25, 0.3) is 0 Å². The van der Waals surface area contributed by atoms with Gasteiger partial charge >= 0.3 is 0 Å². The molecular weight excluding hydrogens is 307 g/mol. The molecule has 6 nitrogen and oxygen atoms in total. The largest absolute Gasteiger partial charge is 0.347 e. The van der Waals surface area contributed by atoms with Gasteiger partial charge in [-0.2, -0.15) is 15.0 Å². The fourth-order valence-corrected chi connectivity index (χ4v) is 1.10. The third-order valence-corrected chi connectivity index (χ3v) is 2.11. The molecule has 84 valence electrons. The molecule has 0 bridgehead atoms. The van der Waals surface area contributed by atoms with Crippen LogP contribution in [0.4, 0.5) is 17.8 Å². The lowest BCUT2D eigenvalue weighted by molar-refractivity contribution is 0.911. The first-order valence-corrected chi connectivity index (χ1v) is 5.38. The van der Waals surface area contributed by atoms with Crippen LogP contribution in [0.5, 0.6) is 0 Å². The van der Waals surface area contributed by atoms with Gasteiger partial charge < -0.3 is 9.80 Å². The second kappa shape index (κ2) is 4.77. The summed E-state index contributed by atoms with van der Waals surface area (Å²) in [6, 6.07) is 0. The minimum Gasteiger partial charge on any atom is -0.347 e. The summed E-state index contributed by atoms with van der Waals surface area (Å²) in [7, 11) is 9.53. The smallest absolute Gasteiger partial charge is 0.240 e. The topological polar surface area (TPSA) is 48.4 Å². The second-order valence-corrected chi connectivity index (χ2v) is 4.95. The van der Waals surface area contributed by atoms with Gasteiger partial charge in [-0.3, -0.25) is 3.11 Å². The Balaban J connectivity index is 3.20. The van der Waals surface area contributed by atoms with E-state index in [-0.39, 0.29) is 0 Å². The first kappa shape index (κ1) is 12.2. The average Bonchev–Trinajstić information content (AvgIpc) is 2.16. The summed E-state index contributed by atoms with van der Waals surface area (Å²) in [5.74, 6) is 1.97. The number of nitrogens with zero attached hydrogens (tertiary/aromatic N) is 6. The molecule has 15 heavy (non-hydrogen) atoms. The molecule has 0 unspecified atom stereocenters. The van der Waals surface area contributed by atoms with E-state index < -0.39 is 0 Å². The van der Waals surface area contributed by atoms with E-state index in [1.807, 2.05) is 48.2 Å². The number of hydrogen-bond acceptors (Lipinski definition) is 6. The van der Waals surface area contributed by atoms with E-state index in [4.69, 9.17) is 0 Å². The van der Waals surface area contributed by atoms with Crippen LogP contribution >= 0.6 is 22.9 Å². The van der Waals surface area contributed by atoms with Crippen LogP contribution in [0.15, 0.2) is 0 Å². The van der Waals surface area contributed by atoms with Gasteiger partial charge in [0.05, 0.1) is 22.9 Å². The molecule has 0 aliphatic rings. The first-order valence-electron chi connectivity index (χ1n) is 4.42. The van der Waals surface area contributed by atoms with Gasteiger partial charge in [-0.1, -0.05) is 0 Å². The van der Waals surface area contributed by atoms with E-state index >= 15 is 0 Å². The van der Waals surface area contributed by atoms with Crippen molar-refractivity contribution in [2.45, 2.75) is 0 Å². The van der Waals surface area contributed by atoms with Crippen molar-refractivity contribution in [1.82, 2.24) is 15.0 Å². The van der Waals surface area contributed by atoms with Crippen molar-refractivity contribution in [3.63, 3.8) is 0 Å². The normalized spacial score (nSPS) is 10.0. The summed E-state index contributed by atoms with van der Waals surface area (Å²) >= 11 is 2.13. The summed E-state index contributed by atoms with van der Waals surface area (Å²) in [4.78, 5) is 16.7. The molecule has 1 aromatic heterocycles. The van der Waals surface area contributed by atoms with Gasteiger partial charge in [-0.25, -0.2) is 0 Å². The molecule has 0 aromatic carbocycles. The van der Waals surface area contributed by atoms with Crippen molar-refractivity contribution in [3.8, 4) is 0 Å². The highest BCUT2D eigenvalue weighted by atomic mass is 127. The zero-order valence-corrected chi connectivity index (χ0v) is 11.7. The molecule has 0 N–H and O–H groups in total. The molecule has 0 atom stereocenters.